The molecule has 28 heavy (non-hydrogen) atoms. The molecule has 2 heterocycles. The van der Waals surface area contributed by atoms with Crippen LogP contribution in [0, 0.1) is 0 Å². The second-order valence-electron chi connectivity index (χ2n) is 6.80. The van der Waals surface area contributed by atoms with Crippen LogP contribution in [0.3, 0.4) is 0 Å². The van der Waals surface area contributed by atoms with Crippen molar-refractivity contribution in [3.8, 4) is 11.3 Å². The Bertz CT molecular complexity index is 1130. The third-order valence-electron chi connectivity index (χ3n) is 4.55. The van der Waals surface area contributed by atoms with Gasteiger partial charge in [-0.25, -0.2) is 9.50 Å². The molecule has 142 valence electrons. The Kier molecular flexibility index (Phi) is 4.83. The number of fused-ring (bicyclic) bond motifs is 1. The van der Waals surface area contributed by atoms with Crippen molar-refractivity contribution in [1.29, 1.82) is 0 Å². The quantitative estimate of drug-likeness (QED) is 0.496. The molecule has 0 amide bonds. The number of carbonyl (C=O) groups is 1. The standard InChI is InChI=1S/C21H21N5OS/c1-14(27)16-5-4-6-17(11-16)19-13-23-21-26(19)24-20(28-21)22-12-15-7-9-18(10-8-15)25(2)3/h4-11,13H,12H2,1-3H3,(H,22,24). The number of benzene rings is 2. The van der Waals surface area contributed by atoms with Gasteiger partial charge >= 0.3 is 0 Å². The third-order valence-corrected chi connectivity index (χ3v) is 5.43. The lowest BCUT2D eigenvalue weighted by Crippen LogP contribution is -2.08. The highest BCUT2D eigenvalue weighted by Gasteiger charge is 2.12. The SMILES string of the molecule is CC(=O)c1cccc(-c2cnc3sc(NCc4ccc(N(C)C)cc4)nn23)c1. The van der Waals surface area contributed by atoms with Crippen LogP contribution in [0.4, 0.5) is 10.8 Å². The summed E-state index contributed by atoms with van der Waals surface area (Å²) in [4.78, 5) is 19.0. The van der Waals surface area contributed by atoms with Crippen LogP contribution in [0.25, 0.3) is 16.2 Å². The van der Waals surface area contributed by atoms with E-state index in [1.807, 2.05) is 42.9 Å². The second kappa shape index (κ2) is 7.44. The maximum Gasteiger partial charge on any atom is 0.214 e. The molecule has 1 N–H and O–H groups in total. The first-order chi connectivity index (χ1) is 13.5. The molecule has 0 radical (unpaired) electrons. The Balaban J connectivity index is 1.54. The Morgan fingerprint density at radius 3 is 2.68 bits per heavy atom. The fourth-order valence-corrected chi connectivity index (χ4v) is 3.72. The maximum atomic E-state index is 11.7. The molecule has 2 aromatic carbocycles. The van der Waals surface area contributed by atoms with E-state index in [1.165, 1.54) is 22.6 Å². The summed E-state index contributed by atoms with van der Waals surface area (Å²) in [6, 6.07) is 16.0. The van der Waals surface area contributed by atoms with Crippen molar-refractivity contribution in [2.75, 3.05) is 24.3 Å². The first-order valence-electron chi connectivity index (χ1n) is 8.97. The zero-order valence-corrected chi connectivity index (χ0v) is 16.8. The summed E-state index contributed by atoms with van der Waals surface area (Å²) in [5.74, 6) is 0.0449. The Morgan fingerprint density at radius 2 is 1.96 bits per heavy atom. The van der Waals surface area contributed by atoms with Gasteiger partial charge in [-0.15, -0.1) is 5.10 Å². The molecule has 0 aliphatic carbocycles. The van der Waals surface area contributed by atoms with Crippen molar-refractivity contribution in [1.82, 2.24) is 14.6 Å². The van der Waals surface area contributed by atoms with Crippen molar-refractivity contribution in [3.63, 3.8) is 0 Å². The summed E-state index contributed by atoms with van der Waals surface area (Å²) in [6.45, 7) is 2.26. The monoisotopic (exact) mass is 391 g/mol. The normalized spacial score (nSPS) is 11.0. The molecular formula is C21H21N5OS. The zero-order chi connectivity index (χ0) is 19.7. The van der Waals surface area contributed by atoms with Crippen molar-refractivity contribution in [2.45, 2.75) is 13.5 Å². The molecule has 0 fully saturated rings. The van der Waals surface area contributed by atoms with Crippen LogP contribution in [-0.2, 0) is 6.54 Å². The summed E-state index contributed by atoms with van der Waals surface area (Å²) in [5.41, 5.74) is 4.85. The van der Waals surface area contributed by atoms with Crippen LogP contribution < -0.4 is 10.2 Å². The minimum atomic E-state index is 0.0449. The van der Waals surface area contributed by atoms with Gasteiger partial charge in [-0.1, -0.05) is 41.7 Å². The molecule has 0 aliphatic heterocycles. The van der Waals surface area contributed by atoms with E-state index in [0.29, 0.717) is 12.1 Å². The molecule has 4 aromatic rings. The van der Waals surface area contributed by atoms with Gasteiger partial charge in [0.05, 0.1) is 11.9 Å². The summed E-state index contributed by atoms with van der Waals surface area (Å²) in [6.07, 6.45) is 1.79. The van der Waals surface area contributed by atoms with E-state index in [-0.39, 0.29) is 5.78 Å². The fraction of sp³-hybridized carbons (Fsp3) is 0.190. The highest BCUT2D eigenvalue weighted by atomic mass is 32.1. The van der Waals surface area contributed by atoms with Crippen LogP contribution in [0.1, 0.15) is 22.8 Å². The van der Waals surface area contributed by atoms with Crippen LogP contribution in [0.15, 0.2) is 54.7 Å². The number of hydrogen-bond acceptors (Lipinski definition) is 6. The number of anilines is 2. The van der Waals surface area contributed by atoms with E-state index >= 15 is 0 Å². The van der Waals surface area contributed by atoms with Crippen LogP contribution in [-0.4, -0.2) is 34.5 Å². The molecule has 0 saturated heterocycles. The van der Waals surface area contributed by atoms with Gasteiger partial charge in [0.25, 0.3) is 0 Å². The molecule has 2 aromatic heterocycles. The van der Waals surface area contributed by atoms with E-state index in [0.717, 1.165) is 21.3 Å². The fourth-order valence-electron chi connectivity index (χ4n) is 2.95. The van der Waals surface area contributed by atoms with Crippen LogP contribution >= 0.6 is 11.3 Å². The second-order valence-corrected chi connectivity index (χ2v) is 7.75. The van der Waals surface area contributed by atoms with E-state index < -0.39 is 0 Å². The zero-order valence-electron chi connectivity index (χ0n) is 16.0. The van der Waals surface area contributed by atoms with Crippen molar-refractivity contribution >= 4 is 32.9 Å². The largest absolute Gasteiger partial charge is 0.378 e. The number of ketones is 1. The smallest absolute Gasteiger partial charge is 0.214 e. The van der Waals surface area contributed by atoms with E-state index in [9.17, 15) is 4.79 Å². The van der Waals surface area contributed by atoms with Gasteiger partial charge in [0.15, 0.2) is 5.78 Å². The first kappa shape index (κ1) is 18.2. The summed E-state index contributed by atoms with van der Waals surface area (Å²) >= 11 is 1.51. The van der Waals surface area contributed by atoms with E-state index in [4.69, 9.17) is 0 Å². The highest BCUT2D eigenvalue weighted by Crippen LogP contribution is 2.27. The van der Waals surface area contributed by atoms with Gasteiger partial charge in [-0.05, 0) is 30.7 Å². The molecule has 0 atom stereocenters. The third kappa shape index (κ3) is 3.61. The van der Waals surface area contributed by atoms with Crippen molar-refractivity contribution < 1.29 is 4.79 Å². The minimum Gasteiger partial charge on any atom is -0.378 e. The van der Waals surface area contributed by atoms with Crippen LogP contribution in [0.2, 0.25) is 0 Å². The lowest BCUT2D eigenvalue weighted by molar-refractivity contribution is 0.101. The molecule has 0 saturated carbocycles. The Morgan fingerprint density at radius 1 is 1.18 bits per heavy atom. The molecule has 4 rings (SSSR count). The van der Waals surface area contributed by atoms with E-state index in [2.05, 4.69) is 44.6 Å². The van der Waals surface area contributed by atoms with Crippen LogP contribution in [0.5, 0.6) is 0 Å². The molecular weight excluding hydrogens is 370 g/mol. The number of rotatable bonds is 6. The number of Topliss-reactive ketones (excluding diaryl/α,β-unsaturated/α-hetero) is 1. The lowest BCUT2D eigenvalue weighted by atomic mass is 10.1. The van der Waals surface area contributed by atoms with Gasteiger partial charge in [0.1, 0.15) is 0 Å². The number of hydrogen-bond donors (Lipinski definition) is 1. The van der Waals surface area contributed by atoms with E-state index in [1.54, 1.807) is 13.1 Å². The Labute approximate surface area is 167 Å². The lowest BCUT2D eigenvalue weighted by Gasteiger charge is -2.12. The number of imidazole rings is 1. The minimum absolute atomic E-state index is 0.0449. The summed E-state index contributed by atoms with van der Waals surface area (Å²) in [5, 5.41) is 8.83. The molecule has 0 aliphatic rings. The van der Waals surface area contributed by atoms with Crippen molar-refractivity contribution in [2.24, 2.45) is 0 Å². The van der Waals surface area contributed by atoms with Gasteiger partial charge in [-0.3, -0.25) is 4.79 Å². The number of nitrogens with one attached hydrogen (secondary N) is 1. The number of nitrogens with zero attached hydrogens (tertiary/aromatic N) is 4. The predicted octanol–water partition coefficient (Wildman–Crippen LogP) is 4.34. The highest BCUT2D eigenvalue weighted by molar-refractivity contribution is 7.20. The molecule has 0 unspecified atom stereocenters. The summed E-state index contributed by atoms with van der Waals surface area (Å²) < 4.78 is 1.82. The number of carbonyl (C=O) groups excluding carboxylic acids is 1. The van der Waals surface area contributed by atoms with Gasteiger partial charge in [0.2, 0.25) is 10.1 Å². The molecule has 7 heteroatoms. The van der Waals surface area contributed by atoms with Crippen molar-refractivity contribution in [3.05, 3.63) is 65.9 Å². The predicted molar refractivity (Wildman–Crippen MR) is 114 cm³/mol. The summed E-state index contributed by atoms with van der Waals surface area (Å²) in [7, 11) is 4.06. The van der Waals surface area contributed by atoms with Gasteiger partial charge < -0.3 is 10.2 Å². The Hall–Kier alpha value is -3.19. The average Bonchev–Trinajstić information content (AvgIpc) is 3.27. The van der Waals surface area contributed by atoms with Gasteiger partial charge in [-0.2, -0.15) is 0 Å². The number of aromatic nitrogens is 3. The average molecular weight is 392 g/mol. The molecule has 0 bridgehead atoms. The maximum absolute atomic E-state index is 11.7. The molecule has 0 spiro atoms. The first-order valence-corrected chi connectivity index (χ1v) is 9.79. The topological polar surface area (TPSA) is 62.5 Å². The van der Waals surface area contributed by atoms with Gasteiger partial charge in [0, 0.05) is 37.5 Å². The molecule has 6 nitrogen and oxygen atoms in total.